The number of halogens is 1. The number of nitrogens with zero attached hydrogens (tertiary/aromatic N) is 3. The topological polar surface area (TPSA) is 58.4 Å². The molecule has 0 unspecified atom stereocenters. The minimum atomic E-state index is -1.86. The van der Waals surface area contributed by atoms with Crippen molar-refractivity contribution in [3.05, 3.63) is 30.1 Å². The second-order valence-corrected chi connectivity index (χ2v) is 15.5. The molecule has 1 aliphatic rings. The van der Waals surface area contributed by atoms with Crippen LogP contribution in [0.25, 0.3) is 11.3 Å². The Morgan fingerprint density at radius 3 is 2.10 bits per heavy atom. The van der Waals surface area contributed by atoms with Gasteiger partial charge in [0.25, 0.3) is 0 Å². The standard InChI is InChI=1S/C22H35BFN3O3Si/c1-20(2,3)31(8,9)28-15-14-27-25-18(16-10-12-17(24)13-11-16)19(26-27)23-29-21(4,5)22(6,7)30-23/h10-13H,14-15H2,1-9H3. The Labute approximate surface area is 186 Å². The van der Waals surface area contributed by atoms with Crippen LogP contribution in [0.3, 0.4) is 0 Å². The summed E-state index contributed by atoms with van der Waals surface area (Å²) in [6, 6.07) is 6.24. The number of hydrogen-bond acceptors (Lipinski definition) is 5. The largest absolute Gasteiger partial charge is 0.518 e. The Balaban J connectivity index is 1.88. The molecule has 2 aromatic rings. The van der Waals surface area contributed by atoms with Crippen LogP contribution in [0, 0.1) is 5.82 Å². The summed E-state index contributed by atoms with van der Waals surface area (Å²) < 4.78 is 32.2. The van der Waals surface area contributed by atoms with E-state index < -0.39 is 26.6 Å². The smallest absolute Gasteiger partial charge is 0.415 e. The van der Waals surface area contributed by atoms with Gasteiger partial charge in [0.2, 0.25) is 0 Å². The van der Waals surface area contributed by atoms with Gasteiger partial charge >= 0.3 is 7.12 Å². The molecule has 31 heavy (non-hydrogen) atoms. The minimum absolute atomic E-state index is 0.137. The fourth-order valence-electron chi connectivity index (χ4n) is 2.99. The first kappa shape index (κ1) is 24.1. The summed E-state index contributed by atoms with van der Waals surface area (Å²) in [6.45, 7) is 20.1. The Bertz CT molecular complexity index is 907. The summed E-state index contributed by atoms with van der Waals surface area (Å²) in [6.07, 6.45) is 0. The average Bonchev–Trinajstić information content (AvgIpc) is 3.13. The lowest BCUT2D eigenvalue weighted by Crippen LogP contribution is -2.41. The maximum atomic E-state index is 13.5. The van der Waals surface area contributed by atoms with E-state index in [4.69, 9.17) is 23.9 Å². The number of aromatic nitrogens is 3. The molecule has 0 atom stereocenters. The lowest BCUT2D eigenvalue weighted by Gasteiger charge is -2.36. The van der Waals surface area contributed by atoms with Crippen molar-refractivity contribution in [3.63, 3.8) is 0 Å². The van der Waals surface area contributed by atoms with Gasteiger partial charge in [0.05, 0.1) is 24.4 Å². The third kappa shape index (κ3) is 4.94. The molecular weight excluding hydrogens is 412 g/mol. The van der Waals surface area contributed by atoms with Crippen LogP contribution in [-0.4, -0.2) is 48.2 Å². The third-order valence-electron chi connectivity index (χ3n) is 6.84. The first-order chi connectivity index (χ1) is 14.1. The van der Waals surface area contributed by atoms with Gasteiger partial charge in [0.15, 0.2) is 8.32 Å². The summed E-state index contributed by atoms with van der Waals surface area (Å²) in [5, 5.41) is 9.53. The van der Waals surface area contributed by atoms with Crippen molar-refractivity contribution in [2.75, 3.05) is 6.61 Å². The van der Waals surface area contributed by atoms with Gasteiger partial charge in [-0.2, -0.15) is 15.0 Å². The van der Waals surface area contributed by atoms with Gasteiger partial charge in [0, 0.05) is 5.56 Å². The van der Waals surface area contributed by atoms with Crippen LogP contribution in [0.5, 0.6) is 0 Å². The molecule has 0 aliphatic carbocycles. The molecule has 1 aliphatic heterocycles. The second-order valence-electron chi connectivity index (χ2n) is 10.7. The molecule has 0 saturated carbocycles. The van der Waals surface area contributed by atoms with Crippen molar-refractivity contribution in [2.45, 2.75) is 84.3 Å². The van der Waals surface area contributed by atoms with Gasteiger partial charge < -0.3 is 13.7 Å². The van der Waals surface area contributed by atoms with E-state index in [1.165, 1.54) is 12.1 Å². The summed E-state index contributed by atoms with van der Waals surface area (Å²) in [4.78, 5) is 1.63. The highest BCUT2D eigenvalue weighted by atomic mass is 28.4. The van der Waals surface area contributed by atoms with E-state index in [1.807, 2.05) is 27.7 Å². The first-order valence-corrected chi connectivity index (χ1v) is 13.7. The van der Waals surface area contributed by atoms with Crippen molar-refractivity contribution in [1.82, 2.24) is 15.0 Å². The highest BCUT2D eigenvalue weighted by Gasteiger charge is 2.53. The van der Waals surface area contributed by atoms with Crippen LogP contribution in [0.1, 0.15) is 48.5 Å². The third-order valence-corrected chi connectivity index (χ3v) is 11.4. The molecule has 1 fully saturated rings. The fourth-order valence-corrected chi connectivity index (χ4v) is 4.02. The maximum absolute atomic E-state index is 13.5. The van der Waals surface area contributed by atoms with Gasteiger partial charge in [-0.15, -0.1) is 0 Å². The summed E-state index contributed by atoms with van der Waals surface area (Å²) >= 11 is 0. The van der Waals surface area contributed by atoms with Crippen molar-refractivity contribution >= 4 is 21.0 Å². The Hall–Kier alpha value is -1.55. The monoisotopic (exact) mass is 447 g/mol. The maximum Gasteiger partial charge on any atom is 0.518 e. The van der Waals surface area contributed by atoms with Crippen molar-refractivity contribution in [3.8, 4) is 11.3 Å². The summed E-state index contributed by atoms with van der Waals surface area (Å²) in [7, 11) is -2.51. The number of rotatable bonds is 6. The van der Waals surface area contributed by atoms with Gasteiger partial charge in [-0.25, -0.2) is 4.39 Å². The van der Waals surface area contributed by atoms with Crippen LogP contribution in [0.4, 0.5) is 4.39 Å². The average molecular weight is 447 g/mol. The van der Waals surface area contributed by atoms with Gasteiger partial charge in [0.1, 0.15) is 17.1 Å². The van der Waals surface area contributed by atoms with Crippen LogP contribution >= 0.6 is 0 Å². The Morgan fingerprint density at radius 1 is 1.03 bits per heavy atom. The van der Waals surface area contributed by atoms with Crippen LogP contribution < -0.4 is 5.59 Å². The van der Waals surface area contributed by atoms with E-state index in [0.717, 1.165) is 5.56 Å². The number of hydrogen-bond donors (Lipinski definition) is 0. The van der Waals surface area contributed by atoms with Crippen LogP contribution in [-0.2, 0) is 20.3 Å². The zero-order valence-electron chi connectivity index (χ0n) is 20.2. The lowest BCUT2D eigenvalue weighted by molar-refractivity contribution is 0.00578. The Morgan fingerprint density at radius 2 is 1.58 bits per heavy atom. The van der Waals surface area contributed by atoms with Crippen LogP contribution in [0.2, 0.25) is 18.1 Å². The number of benzene rings is 1. The van der Waals surface area contributed by atoms with Crippen molar-refractivity contribution < 1.29 is 18.1 Å². The van der Waals surface area contributed by atoms with E-state index in [-0.39, 0.29) is 10.9 Å². The van der Waals surface area contributed by atoms with E-state index >= 15 is 0 Å². The lowest BCUT2D eigenvalue weighted by atomic mass is 9.82. The molecule has 9 heteroatoms. The predicted octanol–water partition coefficient (Wildman–Crippen LogP) is 4.41. The van der Waals surface area contributed by atoms with E-state index in [2.05, 4.69) is 33.9 Å². The molecule has 170 valence electrons. The molecule has 0 amide bonds. The molecule has 3 rings (SSSR count). The first-order valence-electron chi connectivity index (χ1n) is 10.8. The normalized spacial score (nSPS) is 18.6. The molecule has 1 aromatic carbocycles. The highest BCUT2D eigenvalue weighted by Crippen LogP contribution is 2.37. The predicted molar refractivity (Wildman–Crippen MR) is 124 cm³/mol. The molecule has 0 N–H and O–H groups in total. The molecule has 2 heterocycles. The fraction of sp³-hybridized carbons (Fsp3) is 0.636. The van der Waals surface area contributed by atoms with Crippen molar-refractivity contribution in [2.24, 2.45) is 0 Å². The molecule has 6 nitrogen and oxygen atoms in total. The summed E-state index contributed by atoms with van der Waals surface area (Å²) in [5.74, 6) is -0.295. The quantitative estimate of drug-likeness (QED) is 0.615. The summed E-state index contributed by atoms with van der Waals surface area (Å²) in [5.41, 5.74) is 1.01. The zero-order valence-corrected chi connectivity index (χ0v) is 21.2. The van der Waals surface area contributed by atoms with Crippen molar-refractivity contribution in [1.29, 1.82) is 0 Å². The van der Waals surface area contributed by atoms with E-state index in [0.29, 0.717) is 24.4 Å². The molecule has 1 aromatic heterocycles. The highest BCUT2D eigenvalue weighted by molar-refractivity contribution is 6.74. The molecule has 1 saturated heterocycles. The molecule has 0 bridgehead atoms. The molecule has 0 spiro atoms. The minimum Gasteiger partial charge on any atom is -0.415 e. The SMILES string of the molecule is CC1(C)OB(c2nn(CCO[Si](C)(C)C(C)(C)C)nc2-c2ccc(F)cc2)OC1(C)C. The van der Waals surface area contributed by atoms with Crippen LogP contribution in [0.15, 0.2) is 24.3 Å². The van der Waals surface area contributed by atoms with Gasteiger partial charge in [-0.1, -0.05) is 20.8 Å². The van der Waals surface area contributed by atoms with E-state index in [1.54, 1.807) is 16.9 Å². The zero-order chi connectivity index (χ0) is 23.2. The second kappa shape index (κ2) is 8.10. The Kier molecular flexibility index (Phi) is 6.30. The molecular formula is C22H35BFN3O3Si. The molecule has 0 radical (unpaired) electrons. The van der Waals surface area contributed by atoms with Gasteiger partial charge in [-0.3, -0.25) is 0 Å². The van der Waals surface area contributed by atoms with E-state index in [9.17, 15) is 4.39 Å². The van der Waals surface area contributed by atoms with Gasteiger partial charge in [-0.05, 0) is 70.1 Å².